The molecule has 1 N–H and O–H groups in total. The molecule has 88 valence electrons. The summed E-state index contributed by atoms with van der Waals surface area (Å²) in [5.74, 6) is 0.666. The topological polar surface area (TPSA) is 42.2 Å². The van der Waals surface area contributed by atoms with Crippen molar-refractivity contribution >= 4 is 5.91 Å². The summed E-state index contributed by atoms with van der Waals surface area (Å²) < 4.78 is 5.24. The number of nitrogens with one attached hydrogen (secondary N) is 1. The van der Waals surface area contributed by atoms with Gasteiger partial charge in [0.25, 0.3) is 5.91 Å². The zero-order valence-electron chi connectivity index (χ0n) is 9.94. The third-order valence-corrected chi connectivity index (χ3v) is 2.63. The summed E-state index contributed by atoms with van der Waals surface area (Å²) in [5.41, 5.74) is 1.80. The lowest BCUT2D eigenvalue weighted by Gasteiger charge is -2.11. The predicted octanol–water partition coefficient (Wildman–Crippen LogP) is 3.08. The number of rotatable bonds is 3. The van der Waals surface area contributed by atoms with E-state index >= 15 is 0 Å². The van der Waals surface area contributed by atoms with Gasteiger partial charge in [-0.05, 0) is 38.1 Å². The maximum atomic E-state index is 11.9. The van der Waals surface area contributed by atoms with E-state index < -0.39 is 0 Å². The van der Waals surface area contributed by atoms with E-state index in [0.717, 1.165) is 11.3 Å². The number of carbonyl (C=O) groups excluding carboxylic acids is 1. The maximum absolute atomic E-state index is 11.9. The van der Waals surface area contributed by atoms with Crippen molar-refractivity contribution in [2.75, 3.05) is 0 Å². The summed E-state index contributed by atoms with van der Waals surface area (Å²) in [6.07, 6.45) is 1.60. The Bertz CT molecular complexity index is 485. The van der Waals surface area contributed by atoms with Crippen molar-refractivity contribution in [1.29, 1.82) is 0 Å². The molecule has 0 unspecified atom stereocenters. The highest BCUT2D eigenvalue weighted by Gasteiger charge is 2.12. The molecule has 0 aliphatic heterocycles. The van der Waals surface area contributed by atoms with Gasteiger partial charge < -0.3 is 9.73 Å². The highest BCUT2D eigenvalue weighted by atomic mass is 16.3. The van der Waals surface area contributed by atoms with Crippen LogP contribution in [0.25, 0.3) is 0 Å². The lowest BCUT2D eigenvalue weighted by atomic mass is 10.1. The first-order valence-electron chi connectivity index (χ1n) is 5.58. The minimum absolute atomic E-state index is 0.0890. The monoisotopic (exact) mass is 229 g/mol. The van der Waals surface area contributed by atoms with Crippen molar-refractivity contribution in [2.45, 2.75) is 19.9 Å². The maximum Gasteiger partial charge on any atom is 0.251 e. The van der Waals surface area contributed by atoms with Gasteiger partial charge in [-0.1, -0.05) is 17.7 Å². The first-order valence-corrected chi connectivity index (χ1v) is 5.58. The van der Waals surface area contributed by atoms with Crippen LogP contribution >= 0.6 is 0 Å². The van der Waals surface area contributed by atoms with E-state index in [9.17, 15) is 4.79 Å². The average molecular weight is 229 g/mol. The van der Waals surface area contributed by atoms with E-state index in [0.29, 0.717) is 5.56 Å². The molecule has 0 fully saturated rings. The molecule has 1 aromatic carbocycles. The van der Waals surface area contributed by atoms with Crippen LogP contribution in [0.5, 0.6) is 0 Å². The Hall–Kier alpha value is -2.03. The molecule has 0 bridgehead atoms. The van der Waals surface area contributed by atoms with Gasteiger partial charge in [0.15, 0.2) is 0 Å². The minimum Gasteiger partial charge on any atom is -0.467 e. The molecule has 1 atom stereocenters. The van der Waals surface area contributed by atoms with E-state index in [2.05, 4.69) is 5.32 Å². The molecule has 0 aliphatic carbocycles. The predicted molar refractivity (Wildman–Crippen MR) is 65.8 cm³/mol. The number of carbonyl (C=O) groups is 1. The standard InChI is InChI=1S/C14H15NO2/c1-10-5-7-12(8-6-10)14(16)15-11(2)13-4-3-9-17-13/h3-9,11H,1-2H3,(H,15,16)/t11-/m1/s1. The van der Waals surface area contributed by atoms with Gasteiger partial charge in [-0.3, -0.25) is 4.79 Å². The Morgan fingerprint density at radius 3 is 2.53 bits per heavy atom. The molecule has 1 aromatic heterocycles. The Kier molecular flexibility index (Phi) is 3.28. The molecule has 3 nitrogen and oxygen atoms in total. The highest BCUT2D eigenvalue weighted by Crippen LogP contribution is 2.13. The van der Waals surface area contributed by atoms with Crippen LogP contribution in [0, 0.1) is 6.92 Å². The number of amides is 1. The Labute approximate surface area is 100 Å². The minimum atomic E-state index is -0.126. The fraction of sp³-hybridized carbons (Fsp3) is 0.214. The summed E-state index contributed by atoms with van der Waals surface area (Å²) in [6.45, 7) is 3.89. The molecule has 0 spiro atoms. The SMILES string of the molecule is Cc1ccc(C(=O)N[C@H](C)c2ccco2)cc1. The van der Waals surface area contributed by atoms with Gasteiger partial charge in [-0.25, -0.2) is 0 Å². The second kappa shape index (κ2) is 4.87. The fourth-order valence-electron chi connectivity index (χ4n) is 1.59. The van der Waals surface area contributed by atoms with E-state index in [-0.39, 0.29) is 11.9 Å². The van der Waals surface area contributed by atoms with Gasteiger partial charge in [0, 0.05) is 5.56 Å². The molecule has 1 amide bonds. The number of hydrogen-bond donors (Lipinski definition) is 1. The second-order valence-electron chi connectivity index (χ2n) is 4.08. The average Bonchev–Trinajstić information content (AvgIpc) is 2.83. The first kappa shape index (κ1) is 11.5. The lowest BCUT2D eigenvalue weighted by molar-refractivity contribution is 0.0935. The van der Waals surface area contributed by atoms with Crippen LogP contribution in [0.1, 0.15) is 34.6 Å². The van der Waals surface area contributed by atoms with Crippen molar-refractivity contribution in [1.82, 2.24) is 5.32 Å². The molecule has 0 saturated carbocycles. The largest absolute Gasteiger partial charge is 0.467 e. The van der Waals surface area contributed by atoms with E-state index in [1.54, 1.807) is 6.26 Å². The molecule has 3 heteroatoms. The Morgan fingerprint density at radius 1 is 1.24 bits per heavy atom. The van der Waals surface area contributed by atoms with Crippen LogP contribution < -0.4 is 5.32 Å². The smallest absolute Gasteiger partial charge is 0.251 e. The third kappa shape index (κ3) is 2.75. The zero-order chi connectivity index (χ0) is 12.3. The van der Waals surface area contributed by atoms with Crippen LogP contribution in [-0.4, -0.2) is 5.91 Å². The van der Waals surface area contributed by atoms with Gasteiger partial charge in [0.2, 0.25) is 0 Å². The van der Waals surface area contributed by atoms with Crippen LogP contribution in [0.2, 0.25) is 0 Å². The molecule has 2 rings (SSSR count). The second-order valence-corrected chi connectivity index (χ2v) is 4.08. The number of furan rings is 1. The van der Waals surface area contributed by atoms with Crippen LogP contribution in [-0.2, 0) is 0 Å². The molecule has 0 radical (unpaired) electrons. The molecule has 17 heavy (non-hydrogen) atoms. The van der Waals surface area contributed by atoms with Crippen LogP contribution in [0.3, 0.4) is 0 Å². The summed E-state index contributed by atoms with van der Waals surface area (Å²) in [7, 11) is 0. The van der Waals surface area contributed by atoms with E-state index in [4.69, 9.17) is 4.42 Å². The van der Waals surface area contributed by atoms with Crippen molar-refractivity contribution in [3.8, 4) is 0 Å². The van der Waals surface area contributed by atoms with Crippen molar-refractivity contribution < 1.29 is 9.21 Å². The van der Waals surface area contributed by atoms with Crippen molar-refractivity contribution in [2.24, 2.45) is 0 Å². The van der Waals surface area contributed by atoms with Gasteiger partial charge >= 0.3 is 0 Å². The van der Waals surface area contributed by atoms with Gasteiger partial charge in [-0.2, -0.15) is 0 Å². The normalized spacial score (nSPS) is 12.1. The van der Waals surface area contributed by atoms with E-state index in [1.165, 1.54) is 0 Å². The molecular weight excluding hydrogens is 214 g/mol. The quantitative estimate of drug-likeness (QED) is 0.878. The van der Waals surface area contributed by atoms with Crippen LogP contribution in [0.4, 0.5) is 0 Å². The van der Waals surface area contributed by atoms with Gasteiger partial charge in [0.1, 0.15) is 5.76 Å². The number of aryl methyl sites for hydroxylation is 1. The molecule has 0 aliphatic rings. The summed E-state index contributed by atoms with van der Waals surface area (Å²) >= 11 is 0. The first-order chi connectivity index (χ1) is 8.16. The molecular formula is C14H15NO2. The Balaban J connectivity index is 2.04. The third-order valence-electron chi connectivity index (χ3n) is 2.63. The highest BCUT2D eigenvalue weighted by molar-refractivity contribution is 5.94. The van der Waals surface area contributed by atoms with Crippen molar-refractivity contribution in [3.63, 3.8) is 0 Å². The Morgan fingerprint density at radius 2 is 1.94 bits per heavy atom. The fourth-order valence-corrected chi connectivity index (χ4v) is 1.59. The summed E-state index contributed by atoms with van der Waals surface area (Å²) in [5, 5.41) is 2.89. The number of benzene rings is 1. The lowest BCUT2D eigenvalue weighted by Crippen LogP contribution is -2.26. The van der Waals surface area contributed by atoms with Crippen LogP contribution in [0.15, 0.2) is 47.1 Å². The summed E-state index contributed by atoms with van der Waals surface area (Å²) in [4.78, 5) is 11.9. The molecule has 1 heterocycles. The molecule has 0 saturated heterocycles. The van der Waals surface area contributed by atoms with Crippen molar-refractivity contribution in [3.05, 3.63) is 59.5 Å². The molecule has 2 aromatic rings. The van der Waals surface area contributed by atoms with E-state index in [1.807, 2.05) is 50.2 Å². The summed E-state index contributed by atoms with van der Waals surface area (Å²) in [6, 6.07) is 11.0. The zero-order valence-corrected chi connectivity index (χ0v) is 9.94. The van der Waals surface area contributed by atoms with Gasteiger partial charge in [0.05, 0.1) is 12.3 Å². The number of hydrogen-bond acceptors (Lipinski definition) is 2. The van der Waals surface area contributed by atoms with Gasteiger partial charge in [-0.15, -0.1) is 0 Å².